The second kappa shape index (κ2) is 4.83. The molecular formula is C17H11NO. The maximum atomic E-state index is 8.80. The highest BCUT2D eigenvalue weighted by atomic mass is 16.3. The molecule has 0 saturated carbocycles. The summed E-state index contributed by atoms with van der Waals surface area (Å²) < 4.78 is 5.78. The molecule has 0 spiro atoms. The summed E-state index contributed by atoms with van der Waals surface area (Å²) in [5, 5.41) is 10.8. The molecular weight excluding hydrogens is 234 g/mol. The first-order valence-electron chi connectivity index (χ1n) is 6.02. The quantitative estimate of drug-likeness (QED) is 0.660. The van der Waals surface area contributed by atoms with E-state index in [1.54, 1.807) is 0 Å². The van der Waals surface area contributed by atoms with E-state index in [0.29, 0.717) is 5.42 Å². The molecule has 0 radical (unpaired) electrons. The van der Waals surface area contributed by atoms with Crippen molar-refractivity contribution < 1.29 is 4.42 Å². The van der Waals surface area contributed by atoms with E-state index >= 15 is 0 Å². The van der Waals surface area contributed by atoms with Crippen LogP contribution in [0.2, 0.25) is 0 Å². The Morgan fingerprint density at radius 1 is 0.842 bits per heavy atom. The predicted octanol–water partition coefficient (Wildman–Crippen LogP) is 2.57. The number of hydrogen-bond acceptors (Lipinski definition) is 2. The SMILES string of the molecule is N#C/C=c1\o/c(=C\c2ccccc2)c2ccccc12. The molecule has 3 aromatic rings. The van der Waals surface area contributed by atoms with Crippen LogP contribution in [0.15, 0.2) is 59.0 Å². The molecule has 0 N–H and O–H groups in total. The summed E-state index contributed by atoms with van der Waals surface area (Å²) in [6, 6.07) is 19.9. The first-order valence-corrected chi connectivity index (χ1v) is 6.02. The van der Waals surface area contributed by atoms with Crippen LogP contribution >= 0.6 is 0 Å². The van der Waals surface area contributed by atoms with Crippen molar-refractivity contribution in [3.05, 3.63) is 71.0 Å². The van der Waals surface area contributed by atoms with E-state index in [1.165, 1.54) is 6.08 Å². The molecule has 0 saturated heterocycles. The normalized spacial score (nSPS) is 12.8. The number of hydrogen-bond donors (Lipinski definition) is 0. The Kier molecular flexibility index (Phi) is 2.88. The average Bonchev–Trinajstić information content (AvgIpc) is 2.79. The van der Waals surface area contributed by atoms with E-state index in [9.17, 15) is 0 Å². The van der Waals surface area contributed by atoms with Gasteiger partial charge < -0.3 is 4.42 Å². The van der Waals surface area contributed by atoms with Gasteiger partial charge in [0.1, 0.15) is 10.8 Å². The molecule has 1 aromatic heterocycles. The first-order chi connectivity index (χ1) is 9.38. The van der Waals surface area contributed by atoms with Gasteiger partial charge in [-0.15, -0.1) is 0 Å². The molecule has 0 bridgehead atoms. The zero-order chi connectivity index (χ0) is 13.1. The number of rotatable bonds is 1. The summed E-state index contributed by atoms with van der Waals surface area (Å²) in [7, 11) is 0. The van der Waals surface area contributed by atoms with Gasteiger partial charge in [-0.2, -0.15) is 5.26 Å². The predicted molar refractivity (Wildman–Crippen MR) is 75.6 cm³/mol. The van der Waals surface area contributed by atoms with Gasteiger partial charge in [0.05, 0.1) is 12.1 Å². The van der Waals surface area contributed by atoms with Gasteiger partial charge in [-0.3, -0.25) is 0 Å². The fourth-order valence-electron chi connectivity index (χ4n) is 2.11. The van der Waals surface area contributed by atoms with Gasteiger partial charge in [-0.25, -0.2) is 0 Å². The van der Waals surface area contributed by atoms with Crippen molar-refractivity contribution >= 4 is 22.9 Å². The number of fused-ring (bicyclic) bond motifs is 1. The molecule has 0 amide bonds. The van der Waals surface area contributed by atoms with E-state index in [2.05, 4.69) is 0 Å². The van der Waals surface area contributed by atoms with Crippen LogP contribution in [0.1, 0.15) is 5.56 Å². The summed E-state index contributed by atoms with van der Waals surface area (Å²) in [5.74, 6) is 0. The molecule has 0 unspecified atom stereocenters. The largest absolute Gasteiger partial charge is 0.455 e. The zero-order valence-corrected chi connectivity index (χ0v) is 10.2. The third kappa shape index (κ3) is 2.14. The van der Waals surface area contributed by atoms with Crippen LogP contribution in [0.5, 0.6) is 0 Å². The van der Waals surface area contributed by atoms with Crippen molar-refractivity contribution in [3.63, 3.8) is 0 Å². The van der Waals surface area contributed by atoms with Crippen molar-refractivity contribution in [2.45, 2.75) is 0 Å². The average molecular weight is 245 g/mol. The minimum Gasteiger partial charge on any atom is -0.455 e. The lowest BCUT2D eigenvalue weighted by Gasteiger charge is -1.89. The number of nitriles is 1. The monoisotopic (exact) mass is 245 g/mol. The zero-order valence-electron chi connectivity index (χ0n) is 10.2. The van der Waals surface area contributed by atoms with Gasteiger partial charge in [0.15, 0.2) is 0 Å². The first kappa shape index (κ1) is 11.3. The minimum absolute atomic E-state index is 0.611. The molecule has 0 atom stereocenters. The second-order valence-electron chi connectivity index (χ2n) is 4.20. The van der Waals surface area contributed by atoms with Crippen LogP contribution in [-0.4, -0.2) is 0 Å². The maximum Gasteiger partial charge on any atom is 0.145 e. The van der Waals surface area contributed by atoms with Crippen molar-refractivity contribution in [2.24, 2.45) is 0 Å². The third-order valence-corrected chi connectivity index (χ3v) is 2.97. The molecule has 3 rings (SSSR count). The van der Waals surface area contributed by atoms with Crippen LogP contribution < -0.4 is 10.8 Å². The molecule has 90 valence electrons. The standard InChI is InChI=1S/C17H11NO/c18-11-10-16-14-8-4-5-9-15(14)17(19-16)12-13-6-2-1-3-7-13/h1-10,12H/b16-10-,17-12-. The molecule has 0 aliphatic carbocycles. The molecule has 2 nitrogen and oxygen atoms in total. The van der Waals surface area contributed by atoms with Crippen LogP contribution in [0.4, 0.5) is 0 Å². The highest BCUT2D eigenvalue weighted by molar-refractivity contribution is 5.84. The van der Waals surface area contributed by atoms with Crippen molar-refractivity contribution in [1.82, 2.24) is 0 Å². The Balaban J connectivity index is 2.35. The van der Waals surface area contributed by atoms with Crippen LogP contribution in [0.3, 0.4) is 0 Å². The Morgan fingerprint density at radius 3 is 2.16 bits per heavy atom. The Labute approximate surface area is 110 Å². The third-order valence-electron chi connectivity index (χ3n) is 2.97. The highest BCUT2D eigenvalue weighted by Gasteiger charge is 2.01. The lowest BCUT2D eigenvalue weighted by atomic mass is 10.1. The Bertz CT molecular complexity index is 867. The lowest BCUT2D eigenvalue weighted by molar-refractivity contribution is 0.508. The summed E-state index contributed by atoms with van der Waals surface area (Å²) in [5.41, 5.74) is 2.47. The van der Waals surface area contributed by atoms with Crippen LogP contribution in [0.25, 0.3) is 22.9 Å². The van der Waals surface area contributed by atoms with E-state index < -0.39 is 0 Å². The van der Waals surface area contributed by atoms with Gasteiger partial charge in [0.25, 0.3) is 0 Å². The maximum absolute atomic E-state index is 8.80. The minimum atomic E-state index is 0.611. The van der Waals surface area contributed by atoms with Crippen molar-refractivity contribution in [1.29, 1.82) is 5.26 Å². The number of nitrogens with zero attached hydrogens (tertiary/aromatic N) is 1. The summed E-state index contributed by atoms with van der Waals surface area (Å²) in [6.45, 7) is 0. The molecule has 1 heterocycles. The summed E-state index contributed by atoms with van der Waals surface area (Å²) in [6.07, 6.45) is 3.42. The van der Waals surface area contributed by atoms with E-state index in [4.69, 9.17) is 9.68 Å². The van der Waals surface area contributed by atoms with Crippen molar-refractivity contribution in [2.75, 3.05) is 0 Å². The molecule has 2 heteroatoms. The molecule has 0 fully saturated rings. The molecule has 0 aliphatic rings. The van der Waals surface area contributed by atoms with Gasteiger partial charge in [-0.05, 0) is 11.6 Å². The number of furan rings is 1. The van der Waals surface area contributed by atoms with Gasteiger partial charge in [0, 0.05) is 10.8 Å². The van der Waals surface area contributed by atoms with Crippen molar-refractivity contribution in [3.8, 4) is 6.07 Å². The molecule has 19 heavy (non-hydrogen) atoms. The fourth-order valence-corrected chi connectivity index (χ4v) is 2.11. The summed E-state index contributed by atoms with van der Waals surface area (Å²) in [4.78, 5) is 0. The Morgan fingerprint density at radius 2 is 1.47 bits per heavy atom. The van der Waals surface area contributed by atoms with Crippen LogP contribution in [-0.2, 0) is 0 Å². The lowest BCUT2D eigenvalue weighted by Crippen LogP contribution is -1.99. The summed E-state index contributed by atoms with van der Waals surface area (Å²) >= 11 is 0. The van der Waals surface area contributed by atoms with Gasteiger partial charge in [-0.1, -0.05) is 54.6 Å². The smallest absolute Gasteiger partial charge is 0.145 e. The van der Waals surface area contributed by atoms with E-state index in [1.807, 2.05) is 66.7 Å². The second-order valence-corrected chi connectivity index (χ2v) is 4.20. The van der Waals surface area contributed by atoms with E-state index in [0.717, 1.165) is 21.8 Å². The number of benzene rings is 2. The van der Waals surface area contributed by atoms with Crippen LogP contribution in [0, 0.1) is 11.3 Å². The van der Waals surface area contributed by atoms with Gasteiger partial charge in [0.2, 0.25) is 0 Å². The van der Waals surface area contributed by atoms with E-state index in [-0.39, 0.29) is 0 Å². The highest BCUT2D eigenvalue weighted by Crippen LogP contribution is 2.06. The molecule has 2 aromatic carbocycles. The topological polar surface area (TPSA) is 36.9 Å². The van der Waals surface area contributed by atoms with Gasteiger partial charge >= 0.3 is 0 Å². The molecule has 0 aliphatic heterocycles. The Hall–Kier alpha value is -2.79. The fraction of sp³-hybridized carbons (Fsp3) is 0.